The second kappa shape index (κ2) is 3.69. The smallest absolute Gasteiger partial charge is 0.332 e. The Labute approximate surface area is 65.2 Å². The van der Waals surface area contributed by atoms with E-state index in [0.29, 0.717) is 0 Å². The number of rotatable bonds is 2. The molecule has 1 fully saturated rings. The first-order chi connectivity index (χ1) is 5.22. The highest BCUT2D eigenvalue weighted by Crippen LogP contribution is 2.15. The molecule has 0 aliphatic carbocycles. The van der Waals surface area contributed by atoms with Gasteiger partial charge in [0.15, 0.2) is 6.10 Å². The number of carbonyl (C=O) groups is 1. The van der Waals surface area contributed by atoms with Crippen molar-refractivity contribution in [2.75, 3.05) is 13.1 Å². The van der Waals surface area contributed by atoms with Gasteiger partial charge in [-0.3, -0.25) is 0 Å². The van der Waals surface area contributed by atoms with Crippen molar-refractivity contribution in [2.45, 2.75) is 18.9 Å². The maximum Gasteiger partial charge on any atom is 0.332 e. The highest BCUT2D eigenvalue weighted by atomic mass is 16.4. The van der Waals surface area contributed by atoms with Gasteiger partial charge in [0.05, 0.1) is 0 Å². The van der Waals surface area contributed by atoms with Crippen molar-refractivity contribution in [3.8, 4) is 0 Å². The third-order valence-electron chi connectivity index (χ3n) is 2.08. The third kappa shape index (κ3) is 2.17. The van der Waals surface area contributed by atoms with Crippen molar-refractivity contribution in [3.63, 3.8) is 0 Å². The number of aliphatic hydroxyl groups excluding tert-OH is 1. The van der Waals surface area contributed by atoms with Crippen LogP contribution in [0.3, 0.4) is 0 Å². The summed E-state index contributed by atoms with van der Waals surface area (Å²) in [7, 11) is 0. The Bertz CT molecular complexity index is 143. The predicted molar refractivity (Wildman–Crippen MR) is 39.2 cm³/mol. The minimum Gasteiger partial charge on any atom is -0.479 e. The molecular formula is C7H13NO3. The molecule has 1 rings (SSSR count). The topological polar surface area (TPSA) is 69.6 Å². The number of hydrogen-bond donors (Lipinski definition) is 3. The second-order valence-electron chi connectivity index (χ2n) is 2.87. The van der Waals surface area contributed by atoms with Gasteiger partial charge in [-0.1, -0.05) is 0 Å². The van der Waals surface area contributed by atoms with E-state index in [2.05, 4.69) is 5.32 Å². The molecule has 1 aliphatic heterocycles. The molecule has 0 spiro atoms. The van der Waals surface area contributed by atoms with Crippen LogP contribution >= 0.6 is 0 Å². The van der Waals surface area contributed by atoms with Gasteiger partial charge >= 0.3 is 5.97 Å². The van der Waals surface area contributed by atoms with Crippen LogP contribution in [-0.4, -0.2) is 35.4 Å². The lowest BCUT2D eigenvalue weighted by Crippen LogP contribution is -2.37. The minimum absolute atomic E-state index is 0.0613. The van der Waals surface area contributed by atoms with Gasteiger partial charge in [-0.05, 0) is 31.8 Å². The van der Waals surface area contributed by atoms with Crippen LogP contribution in [0, 0.1) is 5.92 Å². The molecule has 1 aliphatic rings. The molecule has 11 heavy (non-hydrogen) atoms. The zero-order valence-electron chi connectivity index (χ0n) is 6.29. The van der Waals surface area contributed by atoms with E-state index in [4.69, 9.17) is 10.2 Å². The van der Waals surface area contributed by atoms with Crippen LogP contribution in [0.2, 0.25) is 0 Å². The molecular weight excluding hydrogens is 146 g/mol. The fourth-order valence-corrected chi connectivity index (χ4v) is 1.36. The van der Waals surface area contributed by atoms with E-state index in [-0.39, 0.29) is 5.92 Å². The number of aliphatic hydroxyl groups is 1. The van der Waals surface area contributed by atoms with Crippen LogP contribution in [-0.2, 0) is 4.79 Å². The first-order valence-corrected chi connectivity index (χ1v) is 3.83. The molecule has 0 aromatic rings. The van der Waals surface area contributed by atoms with Gasteiger partial charge < -0.3 is 15.5 Å². The molecule has 4 heteroatoms. The van der Waals surface area contributed by atoms with Crippen molar-refractivity contribution in [3.05, 3.63) is 0 Å². The van der Waals surface area contributed by atoms with Crippen LogP contribution in [0.25, 0.3) is 0 Å². The highest BCUT2D eigenvalue weighted by molar-refractivity contribution is 5.72. The molecule has 0 radical (unpaired) electrons. The SMILES string of the molecule is O=C(O)[C@@H](O)C1CCNCC1. The summed E-state index contributed by atoms with van der Waals surface area (Å²) in [5, 5.41) is 20.7. The number of piperidine rings is 1. The molecule has 0 amide bonds. The number of carboxylic acids is 1. The van der Waals surface area contributed by atoms with E-state index >= 15 is 0 Å². The lowest BCUT2D eigenvalue weighted by Gasteiger charge is -2.24. The zero-order valence-corrected chi connectivity index (χ0v) is 6.29. The van der Waals surface area contributed by atoms with Gasteiger partial charge in [0.1, 0.15) is 0 Å². The van der Waals surface area contributed by atoms with E-state index in [9.17, 15) is 4.79 Å². The molecule has 1 saturated heterocycles. The summed E-state index contributed by atoms with van der Waals surface area (Å²) in [6.07, 6.45) is 0.345. The summed E-state index contributed by atoms with van der Waals surface area (Å²) in [5.74, 6) is -1.16. The average molecular weight is 159 g/mol. The summed E-state index contributed by atoms with van der Waals surface area (Å²) in [4.78, 5) is 10.3. The molecule has 4 nitrogen and oxygen atoms in total. The first-order valence-electron chi connectivity index (χ1n) is 3.83. The molecule has 0 aromatic heterocycles. The van der Waals surface area contributed by atoms with Gasteiger partial charge in [-0.2, -0.15) is 0 Å². The van der Waals surface area contributed by atoms with Gasteiger partial charge in [0, 0.05) is 0 Å². The van der Waals surface area contributed by atoms with Gasteiger partial charge in [-0.15, -0.1) is 0 Å². The molecule has 0 bridgehead atoms. The normalized spacial score (nSPS) is 23.0. The van der Waals surface area contributed by atoms with Crippen molar-refractivity contribution in [2.24, 2.45) is 5.92 Å². The van der Waals surface area contributed by atoms with Crippen molar-refractivity contribution >= 4 is 5.97 Å². The fourth-order valence-electron chi connectivity index (χ4n) is 1.36. The molecule has 0 unspecified atom stereocenters. The number of carboxylic acid groups (broad SMARTS) is 1. The molecule has 1 heterocycles. The van der Waals surface area contributed by atoms with E-state index in [1.165, 1.54) is 0 Å². The standard InChI is InChI=1S/C7H13NO3/c9-6(7(10)11)5-1-3-8-4-2-5/h5-6,8-9H,1-4H2,(H,10,11)/t6-/m0/s1. The van der Waals surface area contributed by atoms with Crippen LogP contribution in [0.1, 0.15) is 12.8 Å². The lowest BCUT2D eigenvalue weighted by atomic mass is 9.92. The van der Waals surface area contributed by atoms with E-state index < -0.39 is 12.1 Å². The Kier molecular flexibility index (Phi) is 2.84. The third-order valence-corrected chi connectivity index (χ3v) is 2.08. The van der Waals surface area contributed by atoms with Crippen molar-refractivity contribution in [1.29, 1.82) is 0 Å². The monoisotopic (exact) mass is 159 g/mol. The highest BCUT2D eigenvalue weighted by Gasteiger charge is 2.26. The summed E-state index contributed by atoms with van der Waals surface area (Å²) in [6, 6.07) is 0. The zero-order chi connectivity index (χ0) is 8.27. The van der Waals surface area contributed by atoms with Crippen LogP contribution < -0.4 is 5.32 Å². The van der Waals surface area contributed by atoms with E-state index in [0.717, 1.165) is 25.9 Å². The average Bonchev–Trinajstić information content (AvgIpc) is 2.05. The largest absolute Gasteiger partial charge is 0.479 e. The van der Waals surface area contributed by atoms with Crippen molar-refractivity contribution < 1.29 is 15.0 Å². The minimum atomic E-state index is -1.17. The molecule has 3 N–H and O–H groups in total. The summed E-state index contributed by atoms with van der Waals surface area (Å²) in [6.45, 7) is 1.63. The molecule has 64 valence electrons. The number of nitrogens with one attached hydrogen (secondary N) is 1. The molecule has 0 saturated carbocycles. The quantitative estimate of drug-likeness (QED) is 0.504. The molecule has 1 atom stereocenters. The maximum atomic E-state index is 10.3. The Morgan fingerprint density at radius 3 is 2.45 bits per heavy atom. The maximum absolute atomic E-state index is 10.3. The first kappa shape index (κ1) is 8.49. The van der Waals surface area contributed by atoms with Crippen molar-refractivity contribution in [1.82, 2.24) is 5.32 Å². The second-order valence-corrected chi connectivity index (χ2v) is 2.87. The number of hydrogen-bond acceptors (Lipinski definition) is 3. The van der Waals surface area contributed by atoms with Gasteiger partial charge in [-0.25, -0.2) is 4.79 Å². The molecule has 0 aromatic carbocycles. The Morgan fingerprint density at radius 1 is 1.45 bits per heavy atom. The lowest BCUT2D eigenvalue weighted by molar-refractivity contribution is -0.150. The van der Waals surface area contributed by atoms with Gasteiger partial charge in [0.2, 0.25) is 0 Å². The summed E-state index contributed by atoms with van der Waals surface area (Å²) >= 11 is 0. The Morgan fingerprint density at radius 2 is 2.00 bits per heavy atom. The fraction of sp³-hybridized carbons (Fsp3) is 0.857. The van der Waals surface area contributed by atoms with E-state index in [1.54, 1.807) is 0 Å². The Hall–Kier alpha value is -0.610. The summed E-state index contributed by atoms with van der Waals surface area (Å²) < 4.78 is 0. The predicted octanol–water partition coefficient (Wildman–Crippen LogP) is -0.569. The van der Waals surface area contributed by atoms with Gasteiger partial charge in [0.25, 0.3) is 0 Å². The van der Waals surface area contributed by atoms with Crippen LogP contribution in [0.15, 0.2) is 0 Å². The van der Waals surface area contributed by atoms with Crippen LogP contribution in [0.4, 0.5) is 0 Å². The number of aliphatic carboxylic acids is 1. The van der Waals surface area contributed by atoms with Crippen LogP contribution in [0.5, 0.6) is 0 Å². The van der Waals surface area contributed by atoms with E-state index in [1.807, 2.05) is 0 Å². The Balaban J connectivity index is 2.38. The summed E-state index contributed by atoms with van der Waals surface area (Å²) in [5.41, 5.74) is 0.